The van der Waals surface area contributed by atoms with Crippen molar-refractivity contribution in [1.29, 1.82) is 0 Å². The number of ether oxygens (including phenoxy) is 2. The first-order valence-electron chi connectivity index (χ1n) is 7.10. The summed E-state index contributed by atoms with van der Waals surface area (Å²) in [6.45, 7) is 8.71. The van der Waals surface area contributed by atoms with Crippen molar-refractivity contribution in [2.75, 3.05) is 37.2 Å². The molecule has 7 heteroatoms. The van der Waals surface area contributed by atoms with Crippen molar-refractivity contribution < 1.29 is 18.8 Å². The predicted molar refractivity (Wildman–Crippen MR) is 90.6 cm³/mol. The molecule has 0 saturated heterocycles. The van der Waals surface area contributed by atoms with E-state index in [1.807, 2.05) is 27.7 Å². The summed E-state index contributed by atoms with van der Waals surface area (Å²) in [4.78, 5) is 12.3. The Morgan fingerprint density at radius 1 is 1.10 bits per heavy atom. The number of thioether (sulfide) groups is 2. The molecular weight excluding hydrogens is 315 g/mol. The smallest absolute Gasteiger partial charge is 0.332 e. The van der Waals surface area contributed by atoms with Crippen LogP contribution in [0.5, 0.6) is 0 Å². The minimum atomic E-state index is -1.78. The molecule has 0 aliphatic rings. The van der Waals surface area contributed by atoms with Gasteiger partial charge in [0.25, 0.3) is 0 Å². The normalized spacial score (nSPS) is 13.2. The molecule has 120 valence electrons. The second-order valence-corrected chi connectivity index (χ2v) is 9.27. The summed E-state index contributed by atoms with van der Waals surface area (Å²) in [5, 5.41) is 0. The minimum Gasteiger partial charge on any atom is -0.464 e. The molecule has 0 amide bonds. The summed E-state index contributed by atoms with van der Waals surface area (Å²) >= 11 is 3.17. The fourth-order valence-electron chi connectivity index (χ4n) is 1.71. The van der Waals surface area contributed by atoms with Gasteiger partial charge in [0.15, 0.2) is 4.08 Å². The summed E-state index contributed by atoms with van der Waals surface area (Å²) in [5.41, 5.74) is 0. The van der Waals surface area contributed by atoms with Gasteiger partial charge in [-0.2, -0.15) is 0 Å². The number of carbonyl (C=O) groups is 1. The van der Waals surface area contributed by atoms with Crippen LogP contribution in [0.15, 0.2) is 0 Å². The van der Waals surface area contributed by atoms with Gasteiger partial charge in [-0.1, -0.05) is 13.8 Å². The van der Waals surface area contributed by atoms with Gasteiger partial charge in [0.05, 0.1) is 13.0 Å². The molecule has 1 unspecified atom stereocenters. The summed E-state index contributed by atoms with van der Waals surface area (Å²) in [6, 6.07) is 0. The van der Waals surface area contributed by atoms with E-state index < -0.39 is 11.9 Å². The van der Waals surface area contributed by atoms with Crippen molar-refractivity contribution >= 4 is 37.3 Å². The lowest BCUT2D eigenvalue weighted by Gasteiger charge is -2.29. The maximum absolute atomic E-state index is 12.3. The lowest BCUT2D eigenvalue weighted by atomic mass is 10.3. The van der Waals surface area contributed by atoms with E-state index in [0.717, 1.165) is 11.5 Å². The van der Waals surface area contributed by atoms with E-state index >= 15 is 0 Å². The van der Waals surface area contributed by atoms with Crippen molar-refractivity contribution in [3.05, 3.63) is 0 Å². The molecule has 0 radical (unpaired) electrons. The average Bonchev–Trinajstić information content (AvgIpc) is 2.43. The third-order valence-corrected chi connectivity index (χ3v) is 6.83. The van der Waals surface area contributed by atoms with Crippen molar-refractivity contribution in [1.82, 2.24) is 0 Å². The molecule has 1 atom stereocenters. The third-order valence-electron chi connectivity index (χ3n) is 2.54. The summed E-state index contributed by atoms with van der Waals surface area (Å²) in [6.07, 6.45) is 1.42. The van der Waals surface area contributed by atoms with Crippen molar-refractivity contribution in [3.8, 4) is 0 Å². The standard InChI is InChI=1S/C13H27O4PS2/c1-5-16-11-18(15)10-9-13(19-7-3,20-8-4)12(14)17-6-2/h18H,5-11H2,1-4H3. The van der Waals surface area contributed by atoms with Gasteiger partial charge in [0.2, 0.25) is 0 Å². The van der Waals surface area contributed by atoms with E-state index in [9.17, 15) is 9.36 Å². The maximum Gasteiger partial charge on any atom is 0.332 e. The third kappa shape index (κ3) is 7.39. The Morgan fingerprint density at radius 3 is 2.15 bits per heavy atom. The van der Waals surface area contributed by atoms with Crippen molar-refractivity contribution in [3.63, 3.8) is 0 Å². The molecule has 20 heavy (non-hydrogen) atoms. The largest absolute Gasteiger partial charge is 0.464 e. The molecular formula is C13H27O4PS2. The van der Waals surface area contributed by atoms with Crippen molar-refractivity contribution in [2.24, 2.45) is 0 Å². The summed E-state index contributed by atoms with van der Waals surface area (Å²) in [7, 11) is -1.78. The zero-order chi connectivity index (χ0) is 15.4. The highest BCUT2D eigenvalue weighted by molar-refractivity contribution is 8.19. The molecule has 0 heterocycles. The highest BCUT2D eigenvalue weighted by Crippen LogP contribution is 2.43. The molecule has 0 aromatic carbocycles. The SMILES string of the molecule is CCOC[PH](=O)CCC(SCC)(SCC)C(=O)OCC. The van der Waals surface area contributed by atoms with Crippen LogP contribution in [0.3, 0.4) is 0 Å². The van der Waals surface area contributed by atoms with Gasteiger partial charge < -0.3 is 14.0 Å². The number of hydrogen-bond acceptors (Lipinski definition) is 6. The zero-order valence-electron chi connectivity index (χ0n) is 12.9. The Kier molecular flexibility index (Phi) is 12.2. The molecule has 0 spiro atoms. The van der Waals surface area contributed by atoms with E-state index in [1.54, 1.807) is 23.5 Å². The number of esters is 1. The maximum atomic E-state index is 12.3. The van der Waals surface area contributed by atoms with Gasteiger partial charge in [0, 0.05) is 12.8 Å². The number of carbonyl (C=O) groups excluding carboxylic acids is 1. The predicted octanol–water partition coefficient (Wildman–Crippen LogP) is 3.70. The van der Waals surface area contributed by atoms with E-state index in [0.29, 0.717) is 32.1 Å². The van der Waals surface area contributed by atoms with Crippen LogP contribution in [0.1, 0.15) is 34.1 Å². The van der Waals surface area contributed by atoms with Crippen molar-refractivity contribution in [2.45, 2.75) is 38.2 Å². The molecule has 0 aromatic rings. The van der Waals surface area contributed by atoms with Crippen LogP contribution in [-0.2, 0) is 18.8 Å². The van der Waals surface area contributed by atoms with Gasteiger partial charge in [-0.05, 0) is 31.8 Å². The first-order valence-corrected chi connectivity index (χ1v) is 10.9. The zero-order valence-corrected chi connectivity index (χ0v) is 15.5. The van der Waals surface area contributed by atoms with Gasteiger partial charge >= 0.3 is 5.97 Å². The van der Waals surface area contributed by atoms with E-state index in [4.69, 9.17) is 9.47 Å². The number of rotatable bonds is 12. The van der Waals surface area contributed by atoms with Gasteiger partial charge in [-0.3, -0.25) is 0 Å². The van der Waals surface area contributed by atoms with Crippen LogP contribution >= 0.6 is 31.3 Å². The quantitative estimate of drug-likeness (QED) is 0.306. The average molecular weight is 342 g/mol. The summed E-state index contributed by atoms with van der Waals surface area (Å²) in [5.74, 6) is 1.47. The molecule has 4 nitrogen and oxygen atoms in total. The summed E-state index contributed by atoms with van der Waals surface area (Å²) < 4.78 is 21.7. The first-order chi connectivity index (χ1) is 9.56. The van der Waals surface area contributed by atoms with E-state index in [2.05, 4.69) is 0 Å². The Morgan fingerprint density at radius 2 is 1.70 bits per heavy atom. The van der Waals surface area contributed by atoms with Crippen LogP contribution in [0.25, 0.3) is 0 Å². The van der Waals surface area contributed by atoms with Crippen LogP contribution in [-0.4, -0.2) is 47.3 Å². The Balaban J connectivity index is 4.72. The fourth-order valence-corrected chi connectivity index (χ4v) is 6.12. The number of hydrogen-bond donors (Lipinski definition) is 0. The van der Waals surface area contributed by atoms with Crippen LogP contribution in [0.4, 0.5) is 0 Å². The molecule has 0 aliphatic carbocycles. The monoisotopic (exact) mass is 342 g/mol. The fraction of sp³-hybridized carbons (Fsp3) is 0.923. The second-order valence-electron chi connectivity index (χ2n) is 4.02. The van der Waals surface area contributed by atoms with E-state index in [-0.39, 0.29) is 5.97 Å². The highest BCUT2D eigenvalue weighted by Gasteiger charge is 2.40. The van der Waals surface area contributed by atoms with Crippen LogP contribution < -0.4 is 0 Å². The van der Waals surface area contributed by atoms with Gasteiger partial charge in [-0.15, -0.1) is 23.5 Å². The van der Waals surface area contributed by atoms with Crippen LogP contribution in [0, 0.1) is 0 Å². The minimum absolute atomic E-state index is 0.190. The Hall–Kier alpha value is 0.360. The molecule has 0 aromatic heterocycles. The lowest BCUT2D eigenvalue weighted by Crippen LogP contribution is -2.35. The topological polar surface area (TPSA) is 52.6 Å². The van der Waals surface area contributed by atoms with E-state index in [1.165, 1.54) is 0 Å². The molecule has 0 saturated carbocycles. The molecule has 0 N–H and O–H groups in total. The first kappa shape index (κ1) is 20.4. The molecule has 0 bridgehead atoms. The molecule has 0 aliphatic heterocycles. The van der Waals surface area contributed by atoms with Crippen LogP contribution in [0.2, 0.25) is 0 Å². The molecule has 0 fully saturated rings. The van der Waals surface area contributed by atoms with Gasteiger partial charge in [0.1, 0.15) is 7.80 Å². The molecule has 0 rings (SSSR count). The van der Waals surface area contributed by atoms with Gasteiger partial charge in [-0.25, -0.2) is 4.79 Å². The Bertz CT molecular complexity index is 294. The Labute approximate surface area is 131 Å². The second kappa shape index (κ2) is 12.0. The lowest BCUT2D eigenvalue weighted by molar-refractivity contribution is -0.143. The highest BCUT2D eigenvalue weighted by atomic mass is 32.2.